The smallest absolute Gasteiger partial charge is 0.228 e. The molecule has 2 aromatic heterocycles. The van der Waals surface area contributed by atoms with Crippen molar-refractivity contribution in [3.05, 3.63) is 90.3 Å². The van der Waals surface area contributed by atoms with E-state index in [0.29, 0.717) is 6.42 Å². The number of hydrogen-bond donors (Lipinski definition) is 1. The highest BCUT2D eigenvalue weighted by molar-refractivity contribution is 6.16. The molecule has 2 heterocycles. The maximum Gasteiger partial charge on any atom is 0.228 e. The summed E-state index contributed by atoms with van der Waals surface area (Å²) in [4.78, 5) is 17.6. The summed E-state index contributed by atoms with van der Waals surface area (Å²) >= 11 is 0. The van der Waals surface area contributed by atoms with Crippen molar-refractivity contribution >= 4 is 38.9 Å². The van der Waals surface area contributed by atoms with Gasteiger partial charge >= 0.3 is 0 Å². The molecule has 1 N–H and O–H groups in total. The van der Waals surface area contributed by atoms with Crippen molar-refractivity contribution in [2.24, 2.45) is 0 Å². The predicted molar refractivity (Wildman–Crippen MR) is 114 cm³/mol. The standard InChI is InChI=1S/C24H19N3O/c1-16-25-20-13-7-5-11-18(20)24-23(19-12-6-8-14-21(19)27(16)24)26-22(28)15-17-9-3-2-4-10-17/h2-14H,15H2,1H3,(H,26,28). The van der Waals surface area contributed by atoms with Crippen LogP contribution in [-0.4, -0.2) is 15.3 Å². The Morgan fingerprint density at radius 2 is 1.57 bits per heavy atom. The van der Waals surface area contributed by atoms with Crippen molar-refractivity contribution in [3.63, 3.8) is 0 Å². The Labute approximate surface area is 162 Å². The van der Waals surface area contributed by atoms with Crippen molar-refractivity contribution in [1.82, 2.24) is 9.38 Å². The van der Waals surface area contributed by atoms with Crippen LogP contribution in [0.15, 0.2) is 78.9 Å². The number of nitrogens with zero attached hydrogens (tertiary/aromatic N) is 2. The first kappa shape index (κ1) is 16.5. The third kappa shape index (κ3) is 2.62. The minimum atomic E-state index is -0.0250. The summed E-state index contributed by atoms with van der Waals surface area (Å²) in [6, 6.07) is 26.0. The van der Waals surface area contributed by atoms with E-state index in [1.807, 2.05) is 67.6 Å². The second-order valence-corrected chi connectivity index (χ2v) is 6.96. The molecule has 5 rings (SSSR count). The van der Waals surface area contributed by atoms with Crippen LogP contribution in [0.2, 0.25) is 0 Å². The van der Waals surface area contributed by atoms with Gasteiger partial charge in [-0.3, -0.25) is 9.20 Å². The van der Waals surface area contributed by atoms with E-state index in [-0.39, 0.29) is 5.91 Å². The summed E-state index contributed by atoms with van der Waals surface area (Å²) in [5, 5.41) is 5.23. The summed E-state index contributed by atoms with van der Waals surface area (Å²) in [6.45, 7) is 2.00. The highest BCUT2D eigenvalue weighted by atomic mass is 16.1. The number of rotatable bonds is 3. The number of fused-ring (bicyclic) bond motifs is 5. The van der Waals surface area contributed by atoms with E-state index in [1.165, 1.54) is 0 Å². The fourth-order valence-corrected chi connectivity index (χ4v) is 3.92. The second-order valence-electron chi connectivity index (χ2n) is 6.96. The summed E-state index contributed by atoms with van der Waals surface area (Å²) in [6.07, 6.45) is 0.342. The molecular weight excluding hydrogens is 346 g/mol. The Bertz CT molecular complexity index is 1340. The van der Waals surface area contributed by atoms with Gasteiger partial charge in [0.25, 0.3) is 0 Å². The number of hydrogen-bond acceptors (Lipinski definition) is 2. The van der Waals surface area contributed by atoms with Crippen LogP contribution in [0.5, 0.6) is 0 Å². The first-order chi connectivity index (χ1) is 13.7. The van der Waals surface area contributed by atoms with E-state index >= 15 is 0 Å². The van der Waals surface area contributed by atoms with E-state index in [9.17, 15) is 4.79 Å². The number of aromatic nitrogens is 2. The van der Waals surface area contributed by atoms with Crippen LogP contribution in [0.25, 0.3) is 27.3 Å². The van der Waals surface area contributed by atoms with E-state index in [0.717, 1.165) is 44.4 Å². The number of carbonyl (C=O) groups excluding carboxylic acids is 1. The van der Waals surface area contributed by atoms with Gasteiger partial charge in [-0.05, 0) is 24.6 Å². The monoisotopic (exact) mass is 365 g/mol. The summed E-state index contributed by atoms with van der Waals surface area (Å²) < 4.78 is 2.13. The molecule has 0 spiro atoms. The Hall–Kier alpha value is -3.66. The van der Waals surface area contributed by atoms with Crippen molar-refractivity contribution in [2.75, 3.05) is 5.32 Å². The first-order valence-corrected chi connectivity index (χ1v) is 9.34. The van der Waals surface area contributed by atoms with Crippen LogP contribution in [0.3, 0.4) is 0 Å². The van der Waals surface area contributed by atoms with Gasteiger partial charge in [-0.25, -0.2) is 4.98 Å². The highest BCUT2D eigenvalue weighted by Gasteiger charge is 2.18. The van der Waals surface area contributed by atoms with Gasteiger partial charge in [0.05, 0.1) is 28.7 Å². The van der Waals surface area contributed by atoms with E-state index in [4.69, 9.17) is 4.98 Å². The largest absolute Gasteiger partial charge is 0.323 e. The third-order valence-electron chi connectivity index (χ3n) is 5.11. The topological polar surface area (TPSA) is 46.4 Å². The second kappa shape index (κ2) is 6.50. The molecule has 0 unspecified atom stereocenters. The Morgan fingerprint density at radius 3 is 2.39 bits per heavy atom. The molecule has 0 bridgehead atoms. The number of anilines is 1. The summed E-state index contributed by atoms with van der Waals surface area (Å²) in [5.74, 6) is 0.872. The molecule has 4 heteroatoms. The first-order valence-electron chi connectivity index (χ1n) is 9.34. The lowest BCUT2D eigenvalue weighted by Gasteiger charge is -2.09. The lowest BCUT2D eigenvalue weighted by molar-refractivity contribution is -0.115. The molecule has 1 amide bonds. The Morgan fingerprint density at radius 1 is 0.893 bits per heavy atom. The van der Waals surface area contributed by atoms with Gasteiger partial charge in [0, 0.05) is 10.8 Å². The normalized spacial score (nSPS) is 11.3. The predicted octanol–water partition coefficient (Wildman–Crippen LogP) is 5.13. The Kier molecular flexibility index (Phi) is 3.83. The molecule has 0 radical (unpaired) electrons. The van der Waals surface area contributed by atoms with Crippen molar-refractivity contribution in [1.29, 1.82) is 0 Å². The van der Waals surface area contributed by atoms with E-state index < -0.39 is 0 Å². The quantitative estimate of drug-likeness (QED) is 0.482. The van der Waals surface area contributed by atoms with E-state index in [1.54, 1.807) is 0 Å². The van der Waals surface area contributed by atoms with Gasteiger partial charge in [0.2, 0.25) is 5.91 Å². The van der Waals surface area contributed by atoms with Crippen LogP contribution in [0, 0.1) is 6.92 Å². The number of nitrogens with one attached hydrogen (secondary N) is 1. The minimum absolute atomic E-state index is 0.0250. The number of carbonyl (C=O) groups is 1. The zero-order valence-electron chi connectivity index (χ0n) is 15.5. The summed E-state index contributed by atoms with van der Waals surface area (Å²) in [7, 11) is 0. The zero-order chi connectivity index (χ0) is 19.1. The SMILES string of the molecule is Cc1nc2ccccc2c2c(NC(=O)Cc3ccccc3)c3ccccc3n12. The molecule has 136 valence electrons. The maximum absolute atomic E-state index is 12.9. The van der Waals surface area contributed by atoms with Crippen LogP contribution in [0.1, 0.15) is 11.4 Å². The molecule has 0 fully saturated rings. The number of para-hydroxylation sites is 2. The minimum Gasteiger partial charge on any atom is -0.323 e. The Balaban J connectivity index is 1.73. The van der Waals surface area contributed by atoms with Crippen LogP contribution in [-0.2, 0) is 11.2 Å². The van der Waals surface area contributed by atoms with Gasteiger partial charge in [-0.15, -0.1) is 0 Å². The number of benzene rings is 3. The lowest BCUT2D eigenvalue weighted by atomic mass is 10.1. The molecule has 0 atom stereocenters. The molecule has 4 nitrogen and oxygen atoms in total. The fourth-order valence-electron chi connectivity index (χ4n) is 3.92. The average Bonchev–Trinajstić information content (AvgIpc) is 3.04. The van der Waals surface area contributed by atoms with Gasteiger partial charge in [0.1, 0.15) is 5.82 Å². The molecule has 0 aliphatic carbocycles. The fraction of sp³-hybridized carbons (Fsp3) is 0.0833. The molecule has 28 heavy (non-hydrogen) atoms. The van der Waals surface area contributed by atoms with E-state index in [2.05, 4.69) is 27.9 Å². The van der Waals surface area contributed by atoms with Crippen molar-refractivity contribution in [2.45, 2.75) is 13.3 Å². The molecule has 0 saturated carbocycles. The molecule has 3 aromatic carbocycles. The molecule has 0 aliphatic rings. The van der Waals surface area contributed by atoms with Gasteiger partial charge in [0.15, 0.2) is 0 Å². The highest BCUT2D eigenvalue weighted by Crippen LogP contribution is 2.36. The van der Waals surface area contributed by atoms with Gasteiger partial charge in [-0.1, -0.05) is 66.7 Å². The maximum atomic E-state index is 12.9. The van der Waals surface area contributed by atoms with Crippen molar-refractivity contribution < 1.29 is 4.79 Å². The van der Waals surface area contributed by atoms with Gasteiger partial charge < -0.3 is 5.32 Å². The van der Waals surface area contributed by atoms with Crippen LogP contribution in [0.4, 0.5) is 5.69 Å². The lowest BCUT2D eigenvalue weighted by Crippen LogP contribution is -2.14. The number of amides is 1. The third-order valence-corrected chi connectivity index (χ3v) is 5.11. The zero-order valence-corrected chi connectivity index (χ0v) is 15.5. The number of aryl methyl sites for hydroxylation is 1. The average molecular weight is 365 g/mol. The summed E-state index contributed by atoms with van der Waals surface area (Å²) in [5.41, 5.74) is 4.80. The molecule has 5 aromatic rings. The molecule has 0 saturated heterocycles. The van der Waals surface area contributed by atoms with Crippen LogP contribution < -0.4 is 5.32 Å². The van der Waals surface area contributed by atoms with Crippen molar-refractivity contribution in [3.8, 4) is 0 Å². The molecule has 0 aliphatic heterocycles. The van der Waals surface area contributed by atoms with Gasteiger partial charge in [-0.2, -0.15) is 0 Å². The molecular formula is C24H19N3O. The van der Waals surface area contributed by atoms with Crippen LogP contribution >= 0.6 is 0 Å².